The van der Waals surface area contributed by atoms with Crippen LogP contribution in [-0.2, 0) is 4.74 Å². The molecule has 1 nitrogen and oxygen atoms in total. The third-order valence-electron chi connectivity index (χ3n) is 2.71. The summed E-state index contributed by atoms with van der Waals surface area (Å²) in [6.45, 7) is 5.97. The van der Waals surface area contributed by atoms with Crippen LogP contribution in [-0.4, -0.2) is 13.2 Å². The summed E-state index contributed by atoms with van der Waals surface area (Å²) in [6.07, 6.45) is 1.10. The van der Waals surface area contributed by atoms with Gasteiger partial charge in [0.2, 0.25) is 0 Å². The highest BCUT2D eigenvalue weighted by atomic mass is 35.5. The highest BCUT2D eigenvalue weighted by Crippen LogP contribution is 2.39. The molecule has 0 aromatic carbocycles. The Hall–Kier alpha value is -0.0500. The summed E-state index contributed by atoms with van der Waals surface area (Å²) >= 11 is 8.28. The standard InChI is InChI=1S/C11H15ClOS/c1-7-5-8(2)14-11(7)10(12)9-3-4-13-6-9/h5,9-10H,3-4,6H2,1-2H3. The lowest BCUT2D eigenvalue weighted by Crippen LogP contribution is -2.07. The third-order valence-corrected chi connectivity index (χ3v) is 4.65. The van der Waals surface area contributed by atoms with Gasteiger partial charge in [-0.15, -0.1) is 22.9 Å². The maximum Gasteiger partial charge on any atom is 0.0732 e. The van der Waals surface area contributed by atoms with Gasteiger partial charge in [0.25, 0.3) is 0 Å². The van der Waals surface area contributed by atoms with Gasteiger partial charge in [-0.25, -0.2) is 0 Å². The van der Waals surface area contributed by atoms with Crippen molar-refractivity contribution in [2.45, 2.75) is 25.6 Å². The first kappa shape index (κ1) is 10.5. The highest BCUT2D eigenvalue weighted by molar-refractivity contribution is 7.12. The molecule has 1 aromatic rings. The minimum atomic E-state index is 0.149. The number of ether oxygens (including phenoxy) is 1. The van der Waals surface area contributed by atoms with E-state index in [4.69, 9.17) is 16.3 Å². The Morgan fingerprint density at radius 1 is 1.57 bits per heavy atom. The van der Waals surface area contributed by atoms with E-state index in [2.05, 4.69) is 19.9 Å². The van der Waals surface area contributed by atoms with Gasteiger partial charge in [0.1, 0.15) is 0 Å². The molecular weight excluding hydrogens is 216 g/mol. The van der Waals surface area contributed by atoms with E-state index < -0.39 is 0 Å². The molecule has 2 unspecified atom stereocenters. The molecule has 0 spiro atoms. The molecule has 1 fully saturated rings. The molecular formula is C11H15ClOS. The highest BCUT2D eigenvalue weighted by Gasteiger charge is 2.27. The zero-order chi connectivity index (χ0) is 10.1. The fourth-order valence-electron chi connectivity index (χ4n) is 1.93. The van der Waals surface area contributed by atoms with Crippen LogP contribution >= 0.6 is 22.9 Å². The van der Waals surface area contributed by atoms with Crippen LogP contribution in [0.25, 0.3) is 0 Å². The molecule has 78 valence electrons. The molecule has 0 aliphatic carbocycles. The van der Waals surface area contributed by atoms with Crippen LogP contribution in [0.1, 0.15) is 27.1 Å². The Balaban J connectivity index is 2.17. The molecule has 3 heteroatoms. The average molecular weight is 231 g/mol. The number of alkyl halides is 1. The second-order valence-electron chi connectivity index (χ2n) is 3.93. The summed E-state index contributed by atoms with van der Waals surface area (Å²) in [7, 11) is 0. The number of halogens is 1. The second kappa shape index (κ2) is 4.21. The van der Waals surface area contributed by atoms with Crippen molar-refractivity contribution in [3.05, 3.63) is 21.4 Å². The fraction of sp³-hybridized carbons (Fsp3) is 0.636. The Morgan fingerprint density at radius 3 is 2.86 bits per heavy atom. The van der Waals surface area contributed by atoms with Crippen molar-refractivity contribution in [2.24, 2.45) is 5.92 Å². The summed E-state index contributed by atoms with van der Waals surface area (Å²) < 4.78 is 5.37. The first-order valence-electron chi connectivity index (χ1n) is 4.97. The normalized spacial score (nSPS) is 24.1. The zero-order valence-electron chi connectivity index (χ0n) is 8.55. The Morgan fingerprint density at radius 2 is 2.36 bits per heavy atom. The quantitative estimate of drug-likeness (QED) is 0.705. The number of rotatable bonds is 2. The number of hydrogen-bond donors (Lipinski definition) is 0. The van der Waals surface area contributed by atoms with E-state index in [-0.39, 0.29) is 5.38 Å². The van der Waals surface area contributed by atoms with Crippen LogP contribution in [0.4, 0.5) is 0 Å². The van der Waals surface area contributed by atoms with Crippen LogP contribution < -0.4 is 0 Å². The molecule has 1 saturated heterocycles. The predicted octanol–water partition coefficient (Wildman–Crippen LogP) is 3.68. The van der Waals surface area contributed by atoms with E-state index in [0.717, 1.165) is 19.6 Å². The van der Waals surface area contributed by atoms with Crippen molar-refractivity contribution in [1.82, 2.24) is 0 Å². The van der Waals surface area contributed by atoms with Gasteiger partial charge >= 0.3 is 0 Å². The maximum atomic E-state index is 6.46. The summed E-state index contributed by atoms with van der Waals surface area (Å²) in [5.41, 5.74) is 1.33. The smallest absolute Gasteiger partial charge is 0.0732 e. The van der Waals surface area contributed by atoms with Gasteiger partial charge in [-0.05, 0) is 31.9 Å². The first-order chi connectivity index (χ1) is 6.68. The SMILES string of the molecule is Cc1cc(C)c(C(Cl)C2CCOC2)s1. The van der Waals surface area contributed by atoms with Crippen LogP contribution in [0, 0.1) is 19.8 Å². The van der Waals surface area contributed by atoms with Gasteiger partial charge in [-0.3, -0.25) is 0 Å². The molecule has 0 amide bonds. The van der Waals surface area contributed by atoms with E-state index in [1.807, 2.05) is 11.3 Å². The third kappa shape index (κ3) is 1.97. The molecule has 14 heavy (non-hydrogen) atoms. The van der Waals surface area contributed by atoms with Crippen molar-refractivity contribution in [2.75, 3.05) is 13.2 Å². The molecule has 0 bridgehead atoms. The van der Waals surface area contributed by atoms with Crippen molar-refractivity contribution in [1.29, 1.82) is 0 Å². The van der Waals surface area contributed by atoms with Crippen LogP contribution in [0.5, 0.6) is 0 Å². The average Bonchev–Trinajstić information content (AvgIpc) is 2.73. The number of thiophene rings is 1. The summed E-state index contributed by atoms with van der Waals surface area (Å²) in [5, 5.41) is 0.149. The number of aryl methyl sites for hydroxylation is 2. The summed E-state index contributed by atoms with van der Waals surface area (Å²) in [6, 6.07) is 2.21. The number of hydrogen-bond acceptors (Lipinski definition) is 2. The van der Waals surface area contributed by atoms with Crippen molar-refractivity contribution >= 4 is 22.9 Å². The van der Waals surface area contributed by atoms with Gasteiger partial charge in [0.05, 0.1) is 12.0 Å². The summed E-state index contributed by atoms with van der Waals surface area (Å²) in [5.74, 6) is 0.508. The van der Waals surface area contributed by atoms with Gasteiger partial charge in [0, 0.05) is 22.3 Å². The van der Waals surface area contributed by atoms with E-state index in [1.165, 1.54) is 15.3 Å². The van der Waals surface area contributed by atoms with E-state index in [0.29, 0.717) is 5.92 Å². The lowest BCUT2D eigenvalue weighted by molar-refractivity contribution is 0.185. The molecule has 1 aromatic heterocycles. The molecule has 0 N–H and O–H groups in total. The largest absolute Gasteiger partial charge is 0.381 e. The molecule has 2 rings (SSSR count). The van der Waals surface area contributed by atoms with E-state index in [9.17, 15) is 0 Å². The van der Waals surface area contributed by atoms with E-state index >= 15 is 0 Å². The Kier molecular flexibility index (Phi) is 3.15. The lowest BCUT2D eigenvalue weighted by Gasteiger charge is -2.14. The van der Waals surface area contributed by atoms with E-state index in [1.54, 1.807) is 0 Å². The minimum Gasteiger partial charge on any atom is -0.381 e. The predicted molar refractivity (Wildman–Crippen MR) is 61.3 cm³/mol. The van der Waals surface area contributed by atoms with Gasteiger partial charge in [-0.1, -0.05) is 0 Å². The monoisotopic (exact) mass is 230 g/mol. The first-order valence-corrected chi connectivity index (χ1v) is 6.22. The maximum absolute atomic E-state index is 6.46. The van der Waals surface area contributed by atoms with Crippen molar-refractivity contribution in [3.8, 4) is 0 Å². The molecule has 1 aliphatic heterocycles. The molecule has 0 radical (unpaired) electrons. The Labute approximate surface area is 94.0 Å². The van der Waals surface area contributed by atoms with Crippen LogP contribution in [0.2, 0.25) is 0 Å². The van der Waals surface area contributed by atoms with Crippen LogP contribution in [0.3, 0.4) is 0 Å². The molecule has 0 saturated carbocycles. The van der Waals surface area contributed by atoms with Crippen LogP contribution in [0.15, 0.2) is 6.07 Å². The lowest BCUT2D eigenvalue weighted by atomic mass is 10.0. The Bertz CT molecular complexity index is 315. The fourth-order valence-corrected chi connectivity index (χ4v) is 3.54. The topological polar surface area (TPSA) is 9.23 Å². The van der Waals surface area contributed by atoms with Gasteiger partial charge < -0.3 is 4.74 Å². The summed E-state index contributed by atoms with van der Waals surface area (Å²) in [4.78, 5) is 2.68. The minimum absolute atomic E-state index is 0.149. The van der Waals surface area contributed by atoms with Gasteiger partial charge in [-0.2, -0.15) is 0 Å². The molecule has 2 heterocycles. The molecule has 2 atom stereocenters. The van der Waals surface area contributed by atoms with Crippen molar-refractivity contribution in [3.63, 3.8) is 0 Å². The van der Waals surface area contributed by atoms with Gasteiger partial charge in [0.15, 0.2) is 0 Å². The second-order valence-corrected chi connectivity index (χ2v) is 5.69. The molecule has 1 aliphatic rings. The zero-order valence-corrected chi connectivity index (χ0v) is 10.1. The van der Waals surface area contributed by atoms with Crippen molar-refractivity contribution < 1.29 is 4.74 Å².